The molecule has 1 atom stereocenters. The topological polar surface area (TPSA) is 55.6 Å². The smallest absolute Gasteiger partial charge is 0.387 e. The molecule has 124 valence electrons. The lowest BCUT2D eigenvalue weighted by Gasteiger charge is -2.23. The predicted octanol–water partition coefficient (Wildman–Crippen LogP) is 3.17. The number of ether oxygens (including phenoxy) is 1. The van der Waals surface area contributed by atoms with Gasteiger partial charge in [-0.2, -0.15) is 8.78 Å². The second kappa shape index (κ2) is 7.44. The molecule has 0 aromatic heterocycles. The molecule has 22 heavy (non-hydrogen) atoms. The lowest BCUT2D eigenvalue weighted by atomic mass is 9.90. The fraction of sp³-hybridized carbons (Fsp3) is 0.500. The standard InChI is InChI=1S/C14H17ClF2N2O2.ClH/c1-14(7-18)4-5-19(8-14)12(20)10-6-9(15)2-3-11(10)21-13(16)17;/h2-3,6,13H,4-5,7-8,18H2,1H3;1H. The maximum atomic E-state index is 12.5. The van der Waals surface area contributed by atoms with E-state index in [1.807, 2.05) is 6.92 Å². The number of hydrogen-bond acceptors (Lipinski definition) is 3. The normalized spacial score (nSPS) is 20.9. The summed E-state index contributed by atoms with van der Waals surface area (Å²) in [5, 5.41) is 0.292. The molecule has 0 saturated carbocycles. The summed E-state index contributed by atoms with van der Waals surface area (Å²) < 4.78 is 29.2. The highest BCUT2D eigenvalue weighted by Crippen LogP contribution is 2.32. The zero-order chi connectivity index (χ0) is 15.6. The number of rotatable bonds is 4. The van der Waals surface area contributed by atoms with Crippen molar-refractivity contribution in [1.82, 2.24) is 4.90 Å². The summed E-state index contributed by atoms with van der Waals surface area (Å²) in [5.74, 6) is -0.536. The Labute approximate surface area is 139 Å². The first-order valence-corrected chi connectivity index (χ1v) is 6.96. The zero-order valence-electron chi connectivity index (χ0n) is 12.0. The highest BCUT2D eigenvalue weighted by Gasteiger charge is 2.36. The molecular weight excluding hydrogens is 337 g/mol. The molecule has 2 N–H and O–H groups in total. The van der Waals surface area contributed by atoms with Crippen LogP contribution < -0.4 is 10.5 Å². The van der Waals surface area contributed by atoms with E-state index in [1.54, 1.807) is 4.90 Å². The molecule has 1 heterocycles. The van der Waals surface area contributed by atoms with Crippen LogP contribution in [0.3, 0.4) is 0 Å². The van der Waals surface area contributed by atoms with E-state index in [0.29, 0.717) is 24.7 Å². The second-order valence-corrected chi connectivity index (χ2v) is 5.95. The van der Waals surface area contributed by atoms with Crippen molar-refractivity contribution in [3.63, 3.8) is 0 Å². The Balaban J connectivity index is 0.00000242. The number of carbonyl (C=O) groups is 1. The van der Waals surface area contributed by atoms with Gasteiger partial charge in [-0.15, -0.1) is 12.4 Å². The van der Waals surface area contributed by atoms with Gasteiger partial charge in [0.05, 0.1) is 5.56 Å². The number of amides is 1. The Hall–Kier alpha value is -1.11. The molecule has 8 heteroatoms. The number of alkyl halides is 2. The number of halogens is 4. The molecule has 1 amide bonds. The van der Waals surface area contributed by atoms with E-state index in [4.69, 9.17) is 17.3 Å². The van der Waals surface area contributed by atoms with E-state index in [9.17, 15) is 13.6 Å². The van der Waals surface area contributed by atoms with Crippen LogP contribution in [0.15, 0.2) is 18.2 Å². The average Bonchev–Trinajstić information content (AvgIpc) is 2.83. The lowest BCUT2D eigenvalue weighted by molar-refractivity contribution is -0.0502. The molecule has 4 nitrogen and oxygen atoms in total. The molecule has 1 aliphatic rings. The Bertz CT molecular complexity index is 546. The molecule has 1 fully saturated rings. The molecule has 1 saturated heterocycles. The molecule has 1 unspecified atom stereocenters. The number of nitrogens with zero attached hydrogens (tertiary/aromatic N) is 1. The first kappa shape index (κ1) is 18.9. The fourth-order valence-corrected chi connectivity index (χ4v) is 2.57. The Kier molecular flexibility index (Phi) is 6.40. The highest BCUT2D eigenvalue weighted by atomic mass is 35.5. The summed E-state index contributed by atoms with van der Waals surface area (Å²) in [7, 11) is 0. The predicted molar refractivity (Wildman–Crippen MR) is 83.0 cm³/mol. The molecule has 1 aliphatic heterocycles. The molecule has 0 aliphatic carbocycles. The van der Waals surface area contributed by atoms with Crippen LogP contribution in [0.2, 0.25) is 5.02 Å². The van der Waals surface area contributed by atoms with Gasteiger partial charge in [0.15, 0.2) is 0 Å². The van der Waals surface area contributed by atoms with E-state index < -0.39 is 6.61 Å². The highest BCUT2D eigenvalue weighted by molar-refractivity contribution is 6.31. The summed E-state index contributed by atoms with van der Waals surface area (Å²) >= 11 is 5.85. The molecule has 1 aromatic rings. The minimum absolute atomic E-state index is 0. The van der Waals surface area contributed by atoms with Crippen LogP contribution >= 0.6 is 24.0 Å². The van der Waals surface area contributed by atoms with Crippen molar-refractivity contribution in [2.75, 3.05) is 19.6 Å². The van der Waals surface area contributed by atoms with E-state index in [1.165, 1.54) is 18.2 Å². The van der Waals surface area contributed by atoms with Gasteiger partial charge in [-0.05, 0) is 36.6 Å². The third kappa shape index (κ3) is 4.21. The van der Waals surface area contributed by atoms with Gasteiger partial charge in [0.1, 0.15) is 5.75 Å². The SMILES string of the molecule is CC1(CN)CCN(C(=O)c2cc(Cl)ccc2OC(F)F)C1.Cl. The molecular formula is C14H18Cl2F2N2O2. The van der Waals surface area contributed by atoms with Crippen molar-refractivity contribution in [1.29, 1.82) is 0 Å². The third-order valence-corrected chi connectivity index (χ3v) is 3.96. The number of carbonyl (C=O) groups excluding carboxylic acids is 1. The Morgan fingerprint density at radius 1 is 1.55 bits per heavy atom. The van der Waals surface area contributed by atoms with E-state index in [0.717, 1.165) is 6.42 Å². The van der Waals surface area contributed by atoms with Crippen molar-refractivity contribution >= 4 is 29.9 Å². The molecule has 0 bridgehead atoms. The van der Waals surface area contributed by atoms with Crippen LogP contribution in [0.4, 0.5) is 8.78 Å². The van der Waals surface area contributed by atoms with Crippen LogP contribution in [-0.4, -0.2) is 37.1 Å². The van der Waals surface area contributed by atoms with Gasteiger partial charge in [-0.25, -0.2) is 0 Å². The lowest BCUT2D eigenvalue weighted by Crippen LogP contribution is -2.34. The van der Waals surface area contributed by atoms with Crippen LogP contribution in [0.1, 0.15) is 23.7 Å². The van der Waals surface area contributed by atoms with Gasteiger partial charge in [0, 0.05) is 18.1 Å². The zero-order valence-corrected chi connectivity index (χ0v) is 13.6. The minimum atomic E-state index is -2.99. The van der Waals surface area contributed by atoms with Gasteiger partial charge in [0.2, 0.25) is 0 Å². The van der Waals surface area contributed by atoms with E-state index in [2.05, 4.69) is 4.74 Å². The van der Waals surface area contributed by atoms with Crippen LogP contribution in [0.25, 0.3) is 0 Å². The Morgan fingerprint density at radius 2 is 2.23 bits per heavy atom. The molecule has 0 radical (unpaired) electrons. The number of benzene rings is 1. The van der Waals surface area contributed by atoms with Gasteiger partial charge >= 0.3 is 6.61 Å². The van der Waals surface area contributed by atoms with Crippen molar-refractivity contribution in [3.8, 4) is 5.75 Å². The summed E-state index contributed by atoms with van der Waals surface area (Å²) in [4.78, 5) is 14.1. The summed E-state index contributed by atoms with van der Waals surface area (Å²) in [6.07, 6.45) is 0.779. The molecule has 2 rings (SSSR count). The van der Waals surface area contributed by atoms with Crippen molar-refractivity contribution < 1.29 is 18.3 Å². The van der Waals surface area contributed by atoms with Crippen LogP contribution in [0.5, 0.6) is 5.75 Å². The number of likely N-dealkylation sites (tertiary alicyclic amines) is 1. The Morgan fingerprint density at radius 3 is 2.77 bits per heavy atom. The third-order valence-electron chi connectivity index (χ3n) is 3.73. The fourth-order valence-electron chi connectivity index (χ4n) is 2.40. The second-order valence-electron chi connectivity index (χ2n) is 5.51. The van der Waals surface area contributed by atoms with E-state index in [-0.39, 0.29) is 35.0 Å². The van der Waals surface area contributed by atoms with Gasteiger partial charge in [-0.3, -0.25) is 4.79 Å². The average molecular weight is 355 g/mol. The van der Waals surface area contributed by atoms with Gasteiger partial charge in [-0.1, -0.05) is 18.5 Å². The van der Waals surface area contributed by atoms with Crippen molar-refractivity contribution in [2.45, 2.75) is 20.0 Å². The summed E-state index contributed by atoms with van der Waals surface area (Å²) in [6, 6.07) is 4.03. The molecule has 0 spiro atoms. The summed E-state index contributed by atoms with van der Waals surface area (Å²) in [6.45, 7) is 0.489. The van der Waals surface area contributed by atoms with Crippen LogP contribution in [0, 0.1) is 5.41 Å². The van der Waals surface area contributed by atoms with Gasteiger partial charge in [0.25, 0.3) is 5.91 Å². The first-order chi connectivity index (χ1) is 9.84. The van der Waals surface area contributed by atoms with Crippen LogP contribution in [-0.2, 0) is 0 Å². The summed E-state index contributed by atoms with van der Waals surface area (Å²) in [5.41, 5.74) is 5.61. The monoisotopic (exact) mass is 354 g/mol. The van der Waals surface area contributed by atoms with Crippen molar-refractivity contribution in [2.24, 2.45) is 11.1 Å². The number of nitrogens with two attached hydrogens (primary N) is 1. The van der Waals surface area contributed by atoms with Gasteiger partial charge < -0.3 is 15.4 Å². The first-order valence-electron chi connectivity index (χ1n) is 6.58. The maximum absolute atomic E-state index is 12.5. The number of hydrogen-bond donors (Lipinski definition) is 1. The largest absolute Gasteiger partial charge is 0.434 e. The van der Waals surface area contributed by atoms with E-state index >= 15 is 0 Å². The van der Waals surface area contributed by atoms with Crippen molar-refractivity contribution in [3.05, 3.63) is 28.8 Å². The molecule has 1 aromatic carbocycles. The quantitative estimate of drug-likeness (QED) is 0.903. The maximum Gasteiger partial charge on any atom is 0.387 e. The minimum Gasteiger partial charge on any atom is -0.434 e.